The van der Waals surface area contributed by atoms with E-state index in [9.17, 15) is 4.79 Å². The van der Waals surface area contributed by atoms with Crippen molar-refractivity contribution in [1.29, 1.82) is 0 Å². The van der Waals surface area contributed by atoms with E-state index in [1.165, 1.54) is 6.08 Å². The summed E-state index contributed by atoms with van der Waals surface area (Å²) < 4.78 is 5.65. The van der Waals surface area contributed by atoms with Gasteiger partial charge in [0.25, 0.3) is 0 Å². The maximum absolute atomic E-state index is 12.1. The molecule has 3 aromatic rings. The minimum Gasteiger partial charge on any atom is -0.487 e. The normalized spacial score (nSPS) is 10.9. The highest BCUT2D eigenvalue weighted by Crippen LogP contribution is 2.16. The summed E-state index contributed by atoms with van der Waals surface area (Å²) in [6.07, 6.45) is 3.31. The van der Waals surface area contributed by atoms with Crippen LogP contribution in [-0.2, 0) is 6.61 Å². The quantitative estimate of drug-likeness (QED) is 0.446. The number of aromatic nitrogens is 1. The Morgan fingerprint density at radius 2 is 2.04 bits per heavy atom. The number of ether oxygens (including phenoxy) is 1. The lowest BCUT2D eigenvalue weighted by molar-refractivity contribution is 0.104. The third kappa shape index (κ3) is 4.54. The number of benzene rings is 2. The second-order valence-corrected chi connectivity index (χ2v) is 6.20. The first-order chi connectivity index (χ1) is 11.7. The number of carbonyl (C=O) groups is 1. The van der Waals surface area contributed by atoms with Gasteiger partial charge >= 0.3 is 0 Å². The predicted molar refractivity (Wildman–Crippen MR) is 97.7 cm³/mol. The second-order valence-electron chi connectivity index (χ2n) is 5.05. The highest BCUT2D eigenvalue weighted by molar-refractivity contribution is 7.07. The summed E-state index contributed by atoms with van der Waals surface area (Å²) in [5.74, 6) is 0.683. The molecule has 0 saturated heterocycles. The van der Waals surface area contributed by atoms with Gasteiger partial charge in [-0.3, -0.25) is 4.79 Å². The molecule has 0 fully saturated rings. The molecular weight excluding hydrogens is 342 g/mol. The van der Waals surface area contributed by atoms with Crippen molar-refractivity contribution in [3.8, 4) is 5.75 Å². The van der Waals surface area contributed by atoms with Gasteiger partial charge in [-0.15, -0.1) is 11.3 Å². The molecule has 3 rings (SSSR count). The first kappa shape index (κ1) is 16.4. The standard InChI is InChI=1S/C19H14ClNO2S/c20-16-3-1-2-15(10-16)19(22)9-6-14-4-7-18(8-5-14)23-11-17-12-24-13-21-17/h1-10,12-13H,11H2/b9-6+. The van der Waals surface area contributed by atoms with Gasteiger partial charge in [-0.25, -0.2) is 4.98 Å². The van der Waals surface area contributed by atoms with E-state index < -0.39 is 0 Å². The molecule has 0 bridgehead atoms. The van der Waals surface area contributed by atoms with E-state index in [0.717, 1.165) is 17.0 Å². The molecule has 0 atom stereocenters. The smallest absolute Gasteiger partial charge is 0.185 e. The first-order valence-electron chi connectivity index (χ1n) is 7.28. The molecule has 0 radical (unpaired) electrons. The van der Waals surface area contributed by atoms with Crippen LogP contribution in [0.2, 0.25) is 5.02 Å². The summed E-state index contributed by atoms with van der Waals surface area (Å²) in [6, 6.07) is 14.4. The van der Waals surface area contributed by atoms with Crippen LogP contribution >= 0.6 is 22.9 Å². The van der Waals surface area contributed by atoms with Crippen LogP contribution in [0.1, 0.15) is 21.6 Å². The monoisotopic (exact) mass is 355 g/mol. The zero-order valence-corrected chi connectivity index (χ0v) is 14.3. The highest BCUT2D eigenvalue weighted by atomic mass is 35.5. The van der Waals surface area contributed by atoms with Crippen molar-refractivity contribution in [2.45, 2.75) is 6.61 Å². The van der Waals surface area contributed by atoms with Crippen LogP contribution in [-0.4, -0.2) is 10.8 Å². The Labute approximate surface area is 149 Å². The summed E-state index contributed by atoms with van der Waals surface area (Å²) in [4.78, 5) is 16.3. The fourth-order valence-electron chi connectivity index (χ4n) is 2.05. The van der Waals surface area contributed by atoms with Crippen LogP contribution in [0.4, 0.5) is 0 Å². The van der Waals surface area contributed by atoms with E-state index in [1.807, 2.05) is 29.6 Å². The molecule has 1 aromatic heterocycles. The molecule has 24 heavy (non-hydrogen) atoms. The SMILES string of the molecule is O=C(/C=C/c1ccc(OCc2cscn2)cc1)c1cccc(Cl)c1. The number of hydrogen-bond donors (Lipinski definition) is 0. The van der Waals surface area contributed by atoms with Crippen LogP contribution in [0.5, 0.6) is 5.75 Å². The van der Waals surface area contributed by atoms with E-state index in [-0.39, 0.29) is 5.78 Å². The van der Waals surface area contributed by atoms with Crippen molar-refractivity contribution in [2.24, 2.45) is 0 Å². The number of halogens is 1. The van der Waals surface area contributed by atoms with Gasteiger partial charge in [-0.05, 0) is 35.9 Å². The fraction of sp³-hybridized carbons (Fsp3) is 0.0526. The van der Waals surface area contributed by atoms with Gasteiger partial charge in [0.05, 0.1) is 11.2 Å². The molecule has 0 aliphatic carbocycles. The topological polar surface area (TPSA) is 39.2 Å². The van der Waals surface area contributed by atoms with E-state index in [1.54, 1.807) is 47.2 Å². The zero-order chi connectivity index (χ0) is 16.8. The first-order valence-corrected chi connectivity index (χ1v) is 8.61. The molecule has 120 valence electrons. The average molecular weight is 356 g/mol. The lowest BCUT2D eigenvalue weighted by Gasteiger charge is -2.04. The van der Waals surface area contributed by atoms with Crippen molar-refractivity contribution >= 4 is 34.8 Å². The Morgan fingerprint density at radius 3 is 2.75 bits per heavy atom. The van der Waals surface area contributed by atoms with Gasteiger partial charge in [0.15, 0.2) is 5.78 Å². The van der Waals surface area contributed by atoms with Crippen molar-refractivity contribution in [3.63, 3.8) is 0 Å². The largest absolute Gasteiger partial charge is 0.487 e. The molecule has 3 nitrogen and oxygen atoms in total. The molecule has 0 amide bonds. The molecular formula is C19H14ClNO2S. The molecule has 0 saturated carbocycles. The molecule has 0 N–H and O–H groups in total. The van der Waals surface area contributed by atoms with E-state index in [4.69, 9.17) is 16.3 Å². The summed E-state index contributed by atoms with van der Waals surface area (Å²) in [5.41, 5.74) is 4.19. The lowest BCUT2D eigenvalue weighted by atomic mass is 10.1. The number of carbonyl (C=O) groups excluding carboxylic acids is 1. The summed E-state index contributed by atoms with van der Waals surface area (Å²) in [5, 5.41) is 2.51. The van der Waals surface area contributed by atoms with Crippen LogP contribution in [0.3, 0.4) is 0 Å². The third-order valence-corrected chi connectivity index (χ3v) is 4.16. The van der Waals surface area contributed by atoms with Crippen LogP contribution in [0.25, 0.3) is 6.08 Å². The molecule has 1 heterocycles. The minimum atomic E-state index is -0.0821. The van der Waals surface area contributed by atoms with Gasteiger partial charge < -0.3 is 4.74 Å². The number of thiazole rings is 1. The number of hydrogen-bond acceptors (Lipinski definition) is 4. The molecule has 5 heteroatoms. The minimum absolute atomic E-state index is 0.0821. The van der Waals surface area contributed by atoms with Gasteiger partial charge in [-0.2, -0.15) is 0 Å². The van der Waals surface area contributed by atoms with Crippen molar-refractivity contribution in [3.05, 3.63) is 87.3 Å². The van der Waals surface area contributed by atoms with Crippen molar-refractivity contribution in [2.75, 3.05) is 0 Å². The number of ketones is 1. The van der Waals surface area contributed by atoms with Gasteiger partial charge in [0.2, 0.25) is 0 Å². The van der Waals surface area contributed by atoms with Crippen molar-refractivity contribution in [1.82, 2.24) is 4.98 Å². The Hall–Kier alpha value is -2.43. The number of nitrogens with zero attached hydrogens (tertiary/aromatic N) is 1. The predicted octanol–water partition coefficient (Wildman–Crippen LogP) is 5.27. The third-order valence-electron chi connectivity index (χ3n) is 3.29. The number of rotatable bonds is 6. The molecule has 0 aliphatic rings. The van der Waals surface area contributed by atoms with Gasteiger partial charge in [0, 0.05) is 16.0 Å². The zero-order valence-electron chi connectivity index (χ0n) is 12.7. The molecule has 0 spiro atoms. The Morgan fingerprint density at radius 1 is 1.21 bits per heavy atom. The average Bonchev–Trinajstić information content (AvgIpc) is 3.12. The van der Waals surface area contributed by atoms with Gasteiger partial charge in [-0.1, -0.05) is 41.9 Å². The molecule has 0 unspecified atom stereocenters. The Balaban J connectivity index is 1.60. The second kappa shape index (κ2) is 7.90. The van der Waals surface area contributed by atoms with Crippen LogP contribution in [0, 0.1) is 0 Å². The van der Waals surface area contributed by atoms with Crippen molar-refractivity contribution < 1.29 is 9.53 Å². The Kier molecular flexibility index (Phi) is 5.41. The molecule has 0 aliphatic heterocycles. The summed E-state index contributed by atoms with van der Waals surface area (Å²) >= 11 is 7.44. The highest BCUT2D eigenvalue weighted by Gasteiger charge is 2.02. The Bertz CT molecular complexity index is 842. The van der Waals surface area contributed by atoms with Crippen LogP contribution < -0.4 is 4.74 Å². The summed E-state index contributed by atoms with van der Waals surface area (Å²) in [6.45, 7) is 0.450. The fourth-order valence-corrected chi connectivity index (χ4v) is 2.78. The van der Waals surface area contributed by atoms with E-state index in [0.29, 0.717) is 17.2 Å². The van der Waals surface area contributed by atoms with Crippen LogP contribution in [0.15, 0.2) is 65.5 Å². The lowest BCUT2D eigenvalue weighted by Crippen LogP contribution is -1.95. The summed E-state index contributed by atoms with van der Waals surface area (Å²) in [7, 11) is 0. The van der Waals surface area contributed by atoms with E-state index >= 15 is 0 Å². The number of allylic oxidation sites excluding steroid dienone is 1. The molecule has 2 aromatic carbocycles. The van der Waals surface area contributed by atoms with Gasteiger partial charge in [0.1, 0.15) is 12.4 Å². The maximum Gasteiger partial charge on any atom is 0.185 e. The van der Waals surface area contributed by atoms with E-state index in [2.05, 4.69) is 4.98 Å². The maximum atomic E-state index is 12.1.